The standard InChI is InChI=1S/C20H32N4O.HI/c1-3-15-9-8-10-16(4-2)19(15)24-20(21)22-14-13-18(25)23-17-11-6-5-7-12-17;/h8-10,17H,3-7,11-14H2,1-2H3,(H,23,25)(H3,21,22,24);1H. The van der Waals surface area contributed by atoms with Gasteiger partial charge in [-0.15, -0.1) is 24.0 Å². The SMILES string of the molecule is CCc1cccc(CC)c1NC(N)=NCCC(=O)NC1CCCCC1.I. The van der Waals surface area contributed by atoms with Gasteiger partial charge in [-0.05, 0) is 36.8 Å². The lowest BCUT2D eigenvalue weighted by molar-refractivity contribution is -0.121. The number of nitrogens with two attached hydrogens (primary N) is 1. The lowest BCUT2D eigenvalue weighted by atomic mass is 9.95. The first-order chi connectivity index (χ1) is 12.1. The van der Waals surface area contributed by atoms with Crippen LogP contribution in [0.3, 0.4) is 0 Å². The molecule has 0 aliphatic heterocycles. The van der Waals surface area contributed by atoms with Gasteiger partial charge in [0, 0.05) is 18.2 Å². The van der Waals surface area contributed by atoms with E-state index in [0.29, 0.717) is 25.0 Å². The van der Waals surface area contributed by atoms with E-state index in [-0.39, 0.29) is 29.9 Å². The average molecular weight is 472 g/mol. The molecule has 1 aromatic carbocycles. The smallest absolute Gasteiger partial charge is 0.222 e. The zero-order valence-corrected chi connectivity index (χ0v) is 18.3. The maximum Gasteiger partial charge on any atom is 0.222 e. The minimum absolute atomic E-state index is 0. The van der Waals surface area contributed by atoms with E-state index < -0.39 is 0 Å². The molecule has 0 spiro atoms. The van der Waals surface area contributed by atoms with Gasteiger partial charge in [0.15, 0.2) is 5.96 Å². The molecule has 0 bridgehead atoms. The maximum absolute atomic E-state index is 12.0. The van der Waals surface area contributed by atoms with Crippen molar-refractivity contribution in [3.05, 3.63) is 29.3 Å². The molecule has 0 radical (unpaired) electrons. The number of hydrogen-bond donors (Lipinski definition) is 3. The van der Waals surface area contributed by atoms with Gasteiger partial charge in [0.05, 0.1) is 6.54 Å². The van der Waals surface area contributed by atoms with Gasteiger partial charge >= 0.3 is 0 Å². The summed E-state index contributed by atoms with van der Waals surface area (Å²) in [5.41, 5.74) is 9.54. The van der Waals surface area contributed by atoms with Gasteiger partial charge in [0.2, 0.25) is 5.91 Å². The Kier molecular flexibility index (Phi) is 10.6. The number of amides is 1. The molecule has 4 N–H and O–H groups in total. The second kappa shape index (κ2) is 12.1. The molecule has 1 aliphatic rings. The van der Waals surface area contributed by atoms with Gasteiger partial charge in [0.1, 0.15) is 0 Å². The molecule has 26 heavy (non-hydrogen) atoms. The number of guanidine groups is 1. The van der Waals surface area contributed by atoms with Crippen LogP contribution in [-0.4, -0.2) is 24.5 Å². The summed E-state index contributed by atoms with van der Waals surface area (Å²) in [7, 11) is 0. The van der Waals surface area contributed by atoms with E-state index in [9.17, 15) is 4.79 Å². The van der Waals surface area contributed by atoms with Crippen LogP contribution in [-0.2, 0) is 17.6 Å². The van der Waals surface area contributed by atoms with E-state index in [1.54, 1.807) is 0 Å². The number of carbonyl (C=O) groups excluding carboxylic acids is 1. The third-order valence-electron chi connectivity index (χ3n) is 4.84. The van der Waals surface area contributed by atoms with Gasteiger partial charge in [-0.25, -0.2) is 0 Å². The van der Waals surface area contributed by atoms with Crippen LogP contribution in [0.25, 0.3) is 0 Å². The van der Waals surface area contributed by atoms with Crippen LogP contribution in [0.2, 0.25) is 0 Å². The first-order valence-electron chi connectivity index (χ1n) is 9.61. The number of rotatable bonds is 7. The lowest BCUT2D eigenvalue weighted by Gasteiger charge is -2.22. The summed E-state index contributed by atoms with van der Waals surface area (Å²) >= 11 is 0. The number of benzene rings is 1. The number of nitrogens with zero attached hydrogens (tertiary/aromatic N) is 1. The van der Waals surface area contributed by atoms with Gasteiger partial charge in [0.25, 0.3) is 0 Å². The van der Waals surface area contributed by atoms with Crippen molar-refractivity contribution in [1.29, 1.82) is 0 Å². The van der Waals surface area contributed by atoms with Crippen molar-refractivity contribution in [2.45, 2.75) is 71.3 Å². The van der Waals surface area contributed by atoms with Gasteiger partial charge < -0.3 is 16.4 Å². The fourth-order valence-corrected chi connectivity index (χ4v) is 3.40. The molecule has 1 amide bonds. The topological polar surface area (TPSA) is 79.5 Å². The van der Waals surface area contributed by atoms with Crippen LogP contribution in [0, 0.1) is 0 Å². The maximum atomic E-state index is 12.0. The van der Waals surface area contributed by atoms with Crippen molar-refractivity contribution < 1.29 is 4.79 Å². The van der Waals surface area contributed by atoms with Crippen molar-refractivity contribution in [2.24, 2.45) is 10.7 Å². The third-order valence-corrected chi connectivity index (χ3v) is 4.84. The zero-order chi connectivity index (χ0) is 18.1. The normalized spacial score (nSPS) is 15.2. The number of halogens is 1. The highest BCUT2D eigenvalue weighted by Crippen LogP contribution is 2.22. The second-order valence-corrected chi connectivity index (χ2v) is 6.70. The molecule has 1 fully saturated rings. The summed E-state index contributed by atoms with van der Waals surface area (Å²) in [4.78, 5) is 16.3. The molecular formula is C20H33IN4O. The lowest BCUT2D eigenvalue weighted by Crippen LogP contribution is -2.36. The van der Waals surface area contributed by atoms with Gasteiger partial charge in [-0.2, -0.15) is 0 Å². The summed E-state index contributed by atoms with van der Waals surface area (Å²) < 4.78 is 0. The second-order valence-electron chi connectivity index (χ2n) is 6.70. The number of carbonyl (C=O) groups is 1. The Bertz CT molecular complexity index is 575. The Labute approximate surface area is 174 Å². The Morgan fingerprint density at radius 2 is 1.77 bits per heavy atom. The van der Waals surface area contributed by atoms with Crippen LogP contribution in [0.5, 0.6) is 0 Å². The molecule has 5 nitrogen and oxygen atoms in total. The predicted octanol–water partition coefficient (Wildman–Crippen LogP) is 4.00. The van der Waals surface area contributed by atoms with Crippen molar-refractivity contribution in [3.8, 4) is 0 Å². The summed E-state index contributed by atoms with van der Waals surface area (Å²) in [5.74, 6) is 0.452. The van der Waals surface area contributed by atoms with Crippen LogP contribution in [0.1, 0.15) is 63.5 Å². The van der Waals surface area contributed by atoms with E-state index in [0.717, 1.165) is 31.4 Å². The Balaban J connectivity index is 0.00000338. The number of anilines is 1. The van der Waals surface area contributed by atoms with E-state index in [1.807, 2.05) is 0 Å². The van der Waals surface area contributed by atoms with E-state index >= 15 is 0 Å². The highest BCUT2D eigenvalue weighted by atomic mass is 127. The fourth-order valence-electron chi connectivity index (χ4n) is 3.40. The largest absolute Gasteiger partial charge is 0.370 e. The minimum atomic E-state index is 0. The molecule has 0 aromatic heterocycles. The molecule has 0 unspecified atom stereocenters. The number of nitrogens with one attached hydrogen (secondary N) is 2. The molecule has 146 valence electrons. The van der Waals surface area contributed by atoms with Gasteiger partial charge in [-0.1, -0.05) is 51.3 Å². The first-order valence-corrected chi connectivity index (χ1v) is 9.61. The number of aryl methyl sites for hydroxylation is 2. The zero-order valence-electron chi connectivity index (χ0n) is 16.0. The molecular weight excluding hydrogens is 439 g/mol. The van der Waals surface area contributed by atoms with Crippen molar-refractivity contribution in [3.63, 3.8) is 0 Å². The highest BCUT2D eigenvalue weighted by Gasteiger charge is 2.15. The molecule has 6 heteroatoms. The van der Waals surface area contributed by atoms with Gasteiger partial charge in [-0.3, -0.25) is 9.79 Å². The summed E-state index contributed by atoms with van der Waals surface area (Å²) in [6.45, 7) is 4.67. The molecule has 2 rings (SSSR count). The molecule has 0 heterocycles. The fraction of sp³-hybridized carbons (Fsp3) is 0.600. The Morgan fingerprint density at radius 3 is 2.35 bits per heavy atom. The monoisotopic (exact) mass is 472 g/mol. The van der Waals surface area contributed by atoms with Crippen molar-refractivity contribution >= 4 is 41.5 Å². The Morgan fingerprint density at radius 1 is 1.15 bits per heavy atom. The number of para-hydroxylation sites is 1. The van der Waals surface area contributed by atoms with E-state index in [1.165, 1.54) is 30.4 Å². The summed E-state index contributed by atoms with van der Waals surface area (Å²) in [5, 5.41) is 6.34. The molecule has 0 saturated heterocycles. The third kappa shape index (κ3) is 7.13. The first kappa shape index (κ1) is 22.7. The van der Waals surface area contributed by atoms with E-state index in [4.69, 9.17) is 5.73 Å². The van der Waals surface area contributed by atoms with Crippen LogP contribution < -0.4 is 16.4 Å². The van der Waals surface area contributed by atoms with Crippen LogP contribution in [0.4, 0.5) is 5.69 Å². The summed E-state index contributed by atoms with van der Waals surface area (Å²) in [6, 6.07) is 6.63. The minimum Gasteiger partial charge on any atom is -0.370 e. The van der Waals surface area contributed by atoms with Crippen molar-refractivity contribution in [2.75, 3.05) is 11.9 Å². The quantitative estimate of drug-likeness (QED) is 0.319. The highest BCUT2D eigenvalue weighted by molar-refractivity contribution is 14.0. The Hall–Kier alpha value is -1.31. The number of aliphatic imine (C=N–C) groups is 1. The predicted molar refractivity (Wildman–Crippen MR) is 120 cm³/mol. The molecule has 1 aromatic rings. The molecule has 1 aliphatic carbocycles. The van der Waals surface area contributed by atoms with E-state index in [2.05, 4.69) is 47.7 Å². The average Bonchev–Trinajstić information content (AvgIpc) is 2.62. The van der Waals surface area contributed by atoms with Crippen molar-refractivity contribution in [1.82, 2.24) is 5.32 Å². The molecule has 1 saturated carbocycles. The van der Waals surface area contributed by atoms with Crippen LogP contribution >= 0.6 is 24.0 Å². The summed E-state index contributed by atoms with van der Waals surface area (Å²) in [6.07, 6.45) is 8.19. The van der Waals surface area contributed by atoms with Crippen LogP contribution in [0.15, 0.2) is 23.2 Å². The number of hydrogen-bond acceptors (Lipinski definition) is 2. The molecule has 0 atom stereocenters.